The molecule has 2 atom stereocenters. The van der Waals surface area contributed by atoms with Gasteiger partial charge in [0.1, 0.15) is 0 Å². The van der Waals surface area contributed by atoms with Crippen LogP contribution < -0.4 is 0 Å². The maximum atomic E-state index is 2.43. The van der Waals surface area contributed by atoms with Gasteiger partial charge in [-0.3, -0.25) is 0 Å². The molecule has 2 rings (SSSR count). The molecule has 0 aromatic heterocycles. The van der Waals surface area contributed by atoms with E-state index >= 15 is 0 Å². The molecule has 0 amide bonds. The van der Waals surface area contributed by atoms with Crippen molar-refractivity contribution in [2.45, 2.75) is 33.1 Å². The van der Waals surface area contributed by atoms with Gasteiger partial charge in [0.25, 0.3) is 0 Å². The Morgan fingerprint density at radius 1 is 1.67 bits per heavy atom. The molecule has 0 aromatic carbocycles. The van der Waals surface area contributed by atoms with Gasteiger partial charge in [0, 0.05) is 0 Å². The van der Waals surface area contributed by atoms with Gasteiger partial charge in [0.2, 0.25) is 0 Å². The Morgan fingerprint density at radius 3 is 2.67 bits per heavy atom. The lowest BCUT2D eigenvalue weighted by atomic mass is 9.61. The molecule has 0 N–H and O–H groups in total. The standard InChI is InChI=1S/C9H14/c1-7-3-5-9(2)6-4-8(7)9/h3,8H,4-6H2,1-2H3/t8-,9-/m0/s1. The third-order valence-corrected chi connectivity index (χ3v) is 3.29. The highest BCUT2D eigenvalue weighted by Crippen LogP contribution is 2.56. The van der Waals surface area contributed by atoms with E-state index in [0.29, 0.717) is 5.41 Å². The minimum atomic E-state index is 0.712. The number of allylic oxidation sites excluding steroid dienone is 2. The summed E-state index contributed by atoms with van der Waals surface area (Å²) in [6.07, 6.45) is 6.70. The molecule has 0 bridgehead atoms. The van der Waals surface area contributed by atoms with Crippen molar-refractivity contribution in [3.8, 4) is 0 Å². The Labute approximate surface area is 57.0 Å². The Balaban J connectivity index is 2.24. The molecule has 2 aliphatic carbocycles. The zero-order valence-electron chi connectivity index (χ0n) is 6.28. The van der Waals surface area contributed by atoms with E-state index < -0.39 is 0 Å². The van der Waals surface area contributed by atoms with E-state index in [1.54, 1.807) is 5.57 Å². The molecule has 9 heavy (non-hydrogen) atoms. The van der Waals surface area contributed by atoms with Gasteiger partial charge in [0.15, 0.2) is 0 Å². The molecule has 0 spiro atoms. The molecular formula is C9H14. The second-order valence-corrected chi connectivity index (χ2v) is 3.90. The van der Waals surface area contributed by atoms with Gasteiger partial charge in [-0.15, -0.1) is 0 Å². The lowest BCUT2D eigenvalue weighted by Crippen LogP contribution is -2.33. The number of rotatable bonds is 0. The number of hydrogen-bond donors (Lipinski definition) is 0. The first-order chi connectivity index (χ1) is 4.22. The summed E-state index contributed by atoms with van der Waals surface area (Å²) < 4.78 is 0. The maximum Gasteiger partial charge on any atom is -0.0149 e. The first-order valence-electron chi connectivity index (χ1n) is 3.89. The van der Waals surface area contributed by atoms with Gasteiger partial charge >= 0.3 is 0 Å². The zero-order valence-corrected chi connectivity index (χ0v) is 6.28. The van der Waals surface area contributed by atoms with Crippen molar-refractivity contribution in [1.29, 1.82) is 0 Å². The molecule has 2 aliphatic rings. The highest BCUT2D eigenvalue weighted by molar-refractivity contribution is 5.21. The van der Waals surface area contributed by atoms with Crippen LogP contribution >= 0.6 is 0 Å². The molecule has 0 aliphatic heterocycles. The van der Waals surface area contributed by atoms with E-state index in [-0.39, 0.29) is 0 Å². The van der Waals surface area contributed by atoms with Crippen molar-refractivity contribution in [2.75, 3.05) is 0 Å². The summed E-state index contributed by atoms with van der Waals surface area (Å²) >= 11 is 0. The molecular weight excluding hydrogens is 108 g/mol. The second-order valence-electron chi connectivity index (χ2n) is 3.90. The van der Waals surface area contributed by atoms with E-state index in [0.717, 1.165) is 5.92 Å². The van der Waals surface area contributed by atoms with Gasteiger partial charge in [-0.2, -0.15) is 0 Å². The average molecular weight is 122 g/mol. The maximum absolute atomic E-state index is 2.43. The fourth-order valence-electron chi connectivity index (χ4n) is 2.34. The van der Waals surface area contributed by atoms with E-state index in [2.05, 4.69) is 19.9 Å². The Morgan fingerprint density at radius 2 is 2.44 bits per heavy atom. The minimum absolute atomic E-state index is 0.712. The predicted octanol–water partition coefficient (Wildman–Crippen LogP) is 2.75. The van der Waals surface area contributed by atoms with Crippen LogP contribution in [0.25, 0.3) is 0 Å². The van der Waals surface area contributed by atoms with E-state index in [9.17, 15) is 0 Å². The summed E-state index contributed by atoms with van der Waals surface area (Å²) in [5.74, 6) is 0.970. The van der Waals surface area contributed by atoms with Crippen LogP contribution in [0.4, 0.5) is 0 Å². The first-order valence-corrected chi connectivity index (χ1v) is 3.89. The SMILES string of the molecule is CC1=CC[C@@]2(C)CC[C@@H]12. The van der Waals surface area contributed by atoms with Gasteiger partial charge in [-0.1, -0.05) is 18.6 Å². The molecule has 0 unspecified atom stereocenters. The minimum Gasteiger partial charge on any atom is -0.0847 e. The predicted molar refractivity (Wildman–Crippen MR) is 39.2 cm³/mol. The highest BCUT2D eigenvalue weighted by Gasteiger charge is 2.45. The number of fused-ring (bicyclic) bond motifs is 1. The highest BCUT2D eigenvalue weighted by atomic mass is 14.5. The quantitative estimate of drug-likeness (QED) is 0.433. The largest absolute Gasteiger partial charge is 0.0847 e. The lowest BCUT2D eigenvalue weighted by molar-refractivity contribution is 0.102. The van der Waals surface area contributed by atoms with Gasteiger partial charge in [0.05, 0.1) is 0 Å². The molecule has 0 aromatic rings. The molecule has 1 fully saturated rings. The van der Waals surface area contributed by atoms with Crippen molar-refractivity contribution in [1.82, 2.24) is 0 Å². The third kappa shape index (κ3) is 0.540. The van der Waals surface area contributed by atoms with Crippen molar-refractivity contribution in [3.05, 3.63) is 11.6 Å². The summed E-state index contributed by atoms with van der Waals surface area (Å²) in [6.45, 7) is 4.71. The Hall–Kier alpha value is -0.260. The molecule has 0 heteroatoms. The second kappa shape index (κ2) is 1.42. The fraction of sp³-hybridized carbons (Fsp3) is 0.778. The summed E-state index contributed by atoms with van der Waals surface area (Å²) in [5.41, 5.74) is 2.37. The van der Waals surface area contributed by atoms with Crippen LogP contribution in [-0.4, -0.2) is 0 Å². The monoisotopic (exact) mass is 122 g/mol. The van der Waals surface area contributed by atoms with Crippen LogP contribution in [0.15, 0.2) is 11.6 Å². The summed E-state index contributed by atoms with van der Waals surface area (Å²) in [4.78, 5) is 0. The van der Waals surface area contributed by atoms with Crippen molar-refractivity contribution >= 4 is 0 Å². The van der Waals surface area contributed by atoms with E-state index in [1.165, 1.54) is 19.3 Å². The van der Waals surface area contributed by atoms with Gasteiger partial charge < -0.3 is 0 Å². The van der Waals surface area contributed by atoms with Crippen LogP contribution in [0.3, 0.4) is 0 Å². The summed E-state index contributed by atoms with van der Waals surface area (Å²) in [5, 5.41) is 0. The van der Waals surface area contributed by atoms with Crippen LogP contribution in [-0.2, 0) is 0 Å². The summed E-state index contributed by atoms with van der Waals surface area (Å²) in [7, 11) is 0. The molecule has 0 saturated heterocycles. The fourth-order valence-corrected chi connectivity index (χ4v) is 2.34. The van der Waals surface area contributed by atoms with Gasteiger partial charge in [-0.25, -0.2) is 0 Å². The van der Waals surface area contributed by atoms with Crippen LogP contribution in [0.5, 0.6) is 0 Å². The topological polar surface area (TPSA) is 0 Å². The first kappa shape index (κ1) is 5.52. The number of hydrogen-bond acceptors (Lipinski definition) is 0. The average Bonchev–Trinajstić information content (AvgIpc) is 1.93. The van der Waals surface area contributed by atoms with E-state index in [1.807, 2.05) is 0 Å². The van der Waals surface area contributed by atoms with Gasteiger partial charge in [-0.05, 0) is 37.5 Å². The van der Waals surface area contributed by atoms with Crippen molar-refractivity contribution in [2.24, 2.45) is 11.3 Å². The normalized spacial score (nSPS) is 47.8. The van der Waals surface area contributed by atoms with Crippen LogP contribution in [0.2, 0.25) is 0 Å². The molecule has 0 radical (unpaired) electrons. The molecule has 0 nitrogen and oxygen atoms in total. The van der Waals surface area contributed by atoms with E-state index in [4.69, 9.17) is 0 Å². The van der Waals surface area contributed by atoms with Crippen LogP contribution in [0, 0.1) is 11.3 Å². The van der Waals surface area contributed by atoms with Crippen LogP contribution in [0.1, 0.15) is 33.1 Å². The Kier molecular flexibility index (Phi) is 0.870. The molecule has 0 heterocycles. The lowest BCUT2D eigenvalue weighted by Gasteiger charge is -2.43. The van der Waals surface area contributed by atoms with Crippen molar-refractivity contribution < 1.29 is 0 Å². The smallest absolute Gasteiger partial charge is 0.0149 e. The molecule has 50 valence electrons. The zero-order chi connectivity index (χ0) is 6.48. The molecule has 1 saturated carbocycles. The van der Waals surface area contributed by atoms with Crippen molar-refractivity contribution in [3.63, 3.8) is 0 Å². The summed E-state index contributed by atoms with van der Waals surface area (Å²) in [6, 6.07) is 0. The third-order valence-electron chi connectivity index (χ3n) is 3.29. The Bertz CT molecular complexity index is 167.